The lowest BCUT2D eigenvalue weighted by Gasteiger charge is -2.25. The van der Waals surface area contributed by atoms with Crippen molar-refractivity contribution in [3.05, 3.63) is 23.2 Å². The summed E-state index contributed by atoms with van der Waals surface area (Å²) in [6, 6.07) is 4.21. The average molecular weight is 312 g/mol. The summed E-state index contributed by atoms with van der Waals surface area (Å²) in [5.74, 6) is -0.611. The summed E-state index contributed by atoms with van der Waals surface area (Å²) < 4.78 is 42.2. The molecular weight excluding hydrogens is 299 g/mol. The second kappa shape index (κ2) is 5.88. The summed E-state index contributed by atoms with van der Waals surface area (Å²) in [5, 5.41) is 11.6. The van der Waals surface area contributed by atoms with E-state index in [-0.39, 0.29) is 10.7 Å². The molecule has 1 aromatic carbocycles. The van der Waals surface area contributed by atoms with Gasteiger partial charge in [0.1, 0.15) is 5.75 Å². The predicted octanol–water partition coefficient (Wildman–Crippen LogP) is 2.99. The van der Waals surface area contributed by atoms with E-state index in [2.05, 4.69) is 5.32 Å². The minimum atomic E-state index is -4.89. The number of anilines is 1. The van der Waals surface area contributed by atoms with E-state index in [1.54, 1.807) is 0 Å². The molecule has 1 rings (SSSR count). The zero-order valence-corrected chi connectivity index (χ0v) is 11.5. The topological polar surface area (TPSA) is 58.6 Å². The van der Waals surface area contributed by atoms with E-state index in [1.807, 2.05) is 0 Å². The van der Waals surface area contributed by atoms with Gasteiger partial charge in [0.25, 0.3) is 0 Å². The van der Waals surface area contributed by atoms with Gasteiger partial charge in [0.15, 0.2) is 5.60 Å². The van der Waals surface area contributed by atoms with Gasteiger partial charge in [-0.3, -0.25) is 4.79 Å². The van der Waals surface area contributed by atoms with Crippen LogP contribution in [-0.2, 0) is 4.79 Å². The Labute approximate surface area is 118 Å². The number of alkyl halides is 3. The van der Waals surface area contributed by atoms with Crippen molar-refractivity contribution in [3.63, 3.8) is 0 Å². The third-order valence-electron chi connectivity index (χ3n) is 2.55. The molecule has 0 aromatic heterocycles. The van der Waals surface area contributed by atoms with E-state index < -0.39 is 24.1 Å². The number of aliphatic hydroxyl groups is 1. The first-order valence-corrected chi connectivity index (χ1v) is 5.87. The Bertz CT molecular complexity index is 503. The van der Waals surface area contributed by atoms with E-state index in [9.17, 15) is 23.1 Å². The molecule has 2 N–H and O–H groups in total. The maximum Gasteiger partial charge on any atom is 0.417 e. The van der Waals surface area contributed by atoms with Crippen LogP contribution < -0.4 is 10.1 Å². The quantitative estimate of drug-likeness (QED) is 0.898. The number of amides is 1. The maximum absolute atomic E-state index is 12.4. The van der Waals surface area contributed by atoms with Crippen LogP contribution in [0.1, 0.15) is 13.3 Å². The minimum absolute atomic E-state index is 0.202. The van der Waals surface area contributed by atoms with Gasteiger partial charge in [-0.05, 0) is 25.1 Å². The van der Waals surface area contributed by atoms with E-state index >= 15 is 0 Å². The van der Waals surface area contributed by atoms with Crippen LogP contribution in [-0.4, -0.2) is 29.9 Å². The molecule has 1 aromatic rings. The fourth-order valence-electron chi connectivity index (χ4n) is 1.36. The lowest BCUT2D eigenvalue weighted by molar-refractivity contribution is -0.252. The number of halogens is 4. The summed E-state index contributed by atoms with van der Waals surface area (Å²) in [7, 11) is 1.40. The van der Waals surface area contributed by atoms with Crippen molar-refractivity contribution in [3.8, 4) is 5.75 Å². The molecule has 0 saturated heterocycles. The Morgan fingerprint density at radius 2 is 2.05 bits per heavy atom. The molecule has 0 aliphatic heterocycles. The summed E-state index contributed by atoms with van der Waals surface area (Å²) in [5.41, 5.74) is -2.88. The maximum atomic E-state index is 12.4. The average Bonchev–Trinajstić information content (AvgIpc) is 2.26. The van der Waals surface area contributed by atoms with Crippen molar-refractivity contribution in [2.24, 2.45) is 0 Å². The summed E-state index contributed by atoms with van der Waals surface area (Å²) in [6.45, 7) is 0.535. The van der Waals surface area contributed by atoms with E-state index in [4.69, 9.17) is 16.3 Å². The first-order valence-electron chi connectivity index (χ1n) is 5.49. The Balaban J connectivity index is 2.75. The van der Waals surface area contributed by atoms with Crippen LogP contribution >= 0.6 is 11.6 Å². The highest BCUT2D eigenvalue weighted by Crippen LogP contribution is 2.33. The molecule has 0 heterocycles. The first-order chi connectivity index (χ1) is 9.06. The van der Waals surface area contributed by atoms with E-state index in [1.165, 1.54) is 25.3 Å². The van der Waals surface area contributed by atoms with Gasteiger partial charge in [-0.1, -0.05) is 11.6 Å². The molecular formula is C12H13ClF3NO3. The lowest BCUT2D eigenvalue weighted by Crippen LogP contribution is -2.44. The summed E-state index contributed by atoms with van der Waals surface area (Å²) >= 11 is 5.81. The molecule has 8 heteroatoms. The number of rotatable bonds is 4. The number of nitrogens with one attached hydrogen (secondary N) is 1. The molecule has 1 atom stereocenters. The van der Waals surface area contributed by atoms with Crippen molar-refractivity contribution in [1.29, 1.82) is 0 Å². The van der Waals surface area contributed by atoms with E-state index in [0.717, 1.165) is 0 Å². The summed E-state index contributed by atoms with van der Waals surface area (Å²) in [6.07, 6.45) is -6.00. The summed E-state index contributed by atoms with van der Waals surface area (Å²) in [4.78, 5) is 11.5. The molecule has 0 bridgehead atoms. The Hall–Kier alpha value is -1.47. The number of ether oxygens (including phenoxy) is 1. The molecule has 0 aliphatic rings. The van der Waals surface area contributed by atoms with Gasteiger partial charge in [0, 0.05) is 5.69 Å². The van der Waals surface area contributed by atoms with Crippen LogP contribution in [0.2, 0.25) is 5.02 Å². The number of hydrogen-bond donors (Lipinski definition) is 2. The second-order valence-electron chi connectivity index (χ2n) is 4.35. The third-order valence-corrected chi connectivity index (χ3v) is 2.85. The molecule has 112 valence electrons. The number of carbonyl (C=O) groups excluding carboxylic acids is 1. The molecule has 0 aliphatic carbocycles. The van der Waals surface area contributed by atoms with Gasteiger partial charge in [-0.15, -0.1) is 0 Å². The number of methoxy groups -OCH3 is 1. The first kappa shape index (κ1) is 16.6. The van der Waals surface area contributed by atoms with E-state index in [0.29, 0.717) is 12.7 Å². The Morgan fingerprint density at radius 3 is 2.50 bits per heavy atom. The van der Waals surface area contributed by atoms with Crippen LogP contribution in [0.3, 0.4) is 0 Å². The standard InChI is InChI=1S/C12H13ClF3NO3/c1-11(19,12(14,15)16)6-10(18)17-7-3-4-9(20-2)8(13)5-7/h3-5,19H,6H2,1-2H3,(H,17,18)/t11-/m0/s1. The zero-order chi connectivity index (χ0) is 15.6. The third kappa shape index (κ3) is 4.01. The van der Waals surface area contributed by atoms with Crippen LogP contribution in [0.25, 0.3) is 0 Å². The van der Waals surface area contributed by atoms with Crippen molar-refractivity contribution in [1.82, 2.24) is 0 Å². The van der Waals surface area contributed by atoms with Crippen molar-refractivity contribution >= 4 is 23.2 Å². The normalized spacial score (nSPS) is 14.6. The van der Waals surface area contributed by atoms with Crippen LogP contribution in [0.15, 0.2) is 18.2 Å². The van der Waals surface area contributed by atoms with Crippen molar-refractivity contribution in [2.75, 3.05) is 12.4 Å². The molecule has 20 heavy (non-hydrogen) atoms. The van der Waals surface area contributed by atoms with Crippen molar-refractivity contribution < 1.29 is 27.8 Å². The minimum Gasteiger partial charge on any atom is -0.495 e. The fraction of sp³-hybridized carbons (Fsp3) is 0.417. The van der Waals surface area contributed by atoms with Gasteiger partial charge < -0.3 is 15.2 Å². The molecule has 4 nitrogen and oxygen atoms in total. The highest BCUT2D eigenvalue weighted by atomic mass is 35.5. The Morgan fingerprint density at radius 1 is 1.45 bits per heavy atom. The monoisotopic (exact) mass is 311 g/mol. The molecule has 0 spiro atoms. The second-order valence-corrected chi connectivity index (χ2v) is 4.75. The lowest BCUT2D eigenvalue weighted by atomic mass is 10.0. The fourth-order valence-corrected chi connectivity index (χ4v) is 1.62. The Kier molecular flexibility index (Phi) is 4.88. The molecule has 0 unspecified atom stereocenters. The van der Waals surface area contributed by atoms with Crippen LogP contribution in [0, 0.1) is 0 Å². The molecule has 0 radical (unpaired) electrons. The number of carbonyl (C=O) groups is 1. The van der Waals surface area contributed by atoms with Gasteiger partial charge >= 0.3 is 6.18 Å². The highest BCUT2D eigenvalue weighted by molar-refractivity contribution is 6.32. The van der Waals surface area contributed by atoms with Crippen LogP contribution in [0.4, 0.5) is 18.9 Å². The number of benzene rings is 1. The predicted molar refractivity (Wildman–Crippen MR) is 67.9 cm³/mol. The number of hydrogen-bond acceptors (Lipinski definition) is 3. The van der Waals surface area contributed by atoms with Crippen LogP contribution in [0.5, 0.6) is 5.75 Å². The van der Waals surface area contributed by atoms with Gasteiger partial charge in [-0.2, -0.15) is 13.2 Å². The smallest absolute Gasteiger partial charge is 0.417 e. The molecule has 1 amide bonds. The van der Waals surface area contributed by atoms with Crippen molar-refractivity contribution in [2.45, 2.75) is 25.1 Å². The van der Waals surface area contributed by atoms with Gasteiger partial charge in [-0.25, -0.2) is 0 Å². The van der Waals surface area contributed by atoms with Gasteiger partial charge in [0.2, 0.25) is 5.91 Å². The van der Waals surface area contributed by atoms with Gasteiger partial charge in [0.05, 0.1) is 18.6 Å². The SMILES string of the molecule is COc1ccc(NC(=O)C[C@](C)(O)C(F)(F)F)cc1Cl. The highest BCUT2D eigenvalue weighted by Gasteiger charge is 2.50. The zero-order valence-electron chi connectivity index (χ0n) is 10.7. The largest absolute Gasteiger partial charge is 0.495 e. The molecule has 0 fully saturated rings. The molecule has 0 saturated carbocycles.